The second kappa shape index (κ2) is 3.19. The Morgan fingerprint density at radius 1 is 1.27 bits per heavy atom. The zero-order valence-electron chi connectivity index (χ0n) is 8.58. The first-order chi connectivity index (χ1) is 7.05. The molecule has 3 heteroatoms. The number of rotatable bonds is 1. The Labute approximate surface area is 87.4 Å². The van der Waals surface area contributed by atoms with E-state index in [9.17, 15) is 9.18 Å². The van der Waals surface area contributed by atoms with E-state index in [-0.39, 0.29) is 5.57 Å². The third-order valence-corrected chi connectivity index (χ3v) is 2.68. The van der Waals surface area contributed by atoms with Crippen molar-refractivity contribution in [3.05, 3.63) is 47.3 Å². The van der Waals surface area contributed by atoms with Crippen molar-refractivity contribution in [2.45, 2.75) is 19.4 Å². The predicted octanol–water partition coefficient (Wildman–Crippen LogP) is 2.70. The Morgan fingerprint density at radius 2 is 1.87 bits per heavy atom. The van der Waals surface area contributed by atoms with Crippen LogP contribution in [0.1, 0.15) is 19.4 Å². The summed E-state index contributed by atoms with van der Waals surface area (Å²) in [7, 11) is 0. The molecule has 0 saturated carbocycles. The van der Waals surface area contributed by atoms with Crippen LogP contribution in [0, 0.1) is 0 Å². The SMILES string of the molecule is CC1=C(F)C(C)(c2ccccc2)OC1=O. The van der Waals surface area contributed by atoms with Crippen molar-refractivity contribution in [2.24, 2.45) is 0 Å². The van der Waals surface area contributed by atoms with E-state index in [1.807, 2.05) is 6.07 Å². The van der Waals surface area contributed by atoms with E-state index in [2.05, 4.69) is 0 Å². The van der Waals surface area contributed by atoms with Gasteiger partial charge < -0.3 is 4.74 Å². The topological polar surface area (TPSA) is 26.3 Å². The molecule has 15 heavy (non-hydrogen) atoms. The van der Waals surface area contributed by atoms with Gasteiger partial charge in [0, 0.05) is 5.56 Å². The molecule has 0 fully saturated rings. The van der Waals surface area contributed by atoms with Gasteiger partial charge in [0.2, 0.25) is 0 Å². The fourth-order valence-electron chi connectivity index (χ4n) is 1.70. The molecule has 0 bridgehead atoms. The van der Waals surface area contributed by atoms with Gasteiger partial charge in [-0.1, -0.05) is 30.3 Å². The van der Waals surface area contributed by atoms with E-state index < -0.39 is 17.4 Å². The third kappa shape index (κ3) is 1.35. The highest BCUT2D eigenvalue weighted by Crippen LogP contribution is 2.41. The van der Waals surface area contributed by atoms with E-state index in [1.54, 1.807) is 31.2 Å². The van der Waals surface area contributed by atoms with Crippen molar-refractivity contribution in [2.75, 3.05) is 0 Å². The molecule has 1 heterocycles. The molecule has 1 aliphatic rings. The maximum atomic E-state index is 13.8. The van der Waals surface area contributed by atoms with E-state index in [1.165, 1.54) is 6.92 Å². The van der Waals surface area contributed by atoms with Crippen LogP contribution in [-0.2, 0) is 15.1 Å². The van der Waals surface area contributed by atoms with Crippen LogP contribution in [0.3, 0.4) is 0 Å². The lowest BCUT2D eigenvalue weighted by molar-refractivity contribution is -0.147. The monoisotopic (exact) mass is 206 g/mol. The minimum Gasteiger partial charge on any atom is -0.444 e. The summed E-state index contributed by atoms with van der Waals surface area (Å²) < 4.78 is 18.9. The highest BCUT2D eigenvalue weighted by atomic mass is 19.1. The first kappa shape index (κ1) is 9.90. The van der Waals surface area contributed by atoms with Crippen LogP contribution in [0.2, 0.25) is 0 Å². The lowest BCUT2D eigenvalue weighted by atomic mass is 9.94. The molecule has 1 aromatic carbocycles. The third-order valence-electron chi connectivity index (χ3n) is 2.68. The predicted molar refractivity (Wildman–Crippen MR) is 53.7 cm³/mol. The van der Waals surface area contributed by atoms with Crippen molar-refractivity contribution in [3.8, 4) is 0 Å². The van der Waals surface area contributed by atoms with Crippen LogP contribution in [0.4, 0.5) is 4.39 Å². The Kier molecular flexibility index (Phi) is 2.11. The molecule has 0 N–H and O–H groups in total. The Balaban J connectivity index is 2.51. The molecule has 1 aliphatic heterocycles. The number of carbonyl (C=O) groups excluding carboxylic acids is 1. The molecule has 1 aromatic rings. The summed E-state index contributed by atoms with van der Waals surface area (Å²) in [5, 5.41) is 0. The van der Waals surface area contributed by atoms with E-state index >= 15 is 0 Å². The number of cyclic esters (lactones) is 1. The second-order valence-corrected chi connectivity index (χ2v) is 3.73. The smallest absolute Gasteiger partial charge is 0.337 e. The lowest BCUT2D eigenvalue weighted by Gasteiger charge is -2.22. The summed E-state index contributed by atoms with van der Waals surface area (Å²) in [4.78, 5) is 11.3. The van der Waals surface area contributed by atoms with Crippen LogP contribution >= 0.6 is 0 Å². The highest BCUT2D eigenvalue weighted by Gasteiger charge is 2.44. The summed E-state index contributed by atoms with van der Waals surface area (Å²) in [6.45, 7) is 3.00. The molecule has 0 aromatic heterocycles. The van der Waals surface area contributed by atoms with Gasteiger partial charge in [0.15, 0.2) is 11.4 Å². The summed E-state index contributed by atoms with van der Waals surface area (Å²) in [6.07, 6.45) is 0. The van der Waals surface area contributed by atoms with Gasteiger partial charge in [-0.25, -0.2) is 9.18 Å². The minimum absolute atomic E-state index is 0.0568. The molecule has 1 atom stereocenters. The first-order valence-electron chi connectivity index (χ1n) is 4.71. The van der Waals surface area contributed by atoms with Crippen molar-refractivity contribution in [1.29, 1.82) is 0 Å². The fourth-order valence-corrected chi connectivity index (χ4v) is 1.70. The summed E-state index contributed by atoms with van der Waals surface area (Å²) in [5.74, 6) is -1.09. The van der Waals surface area contributed by atoms with Gasteiger partial charge in [0.05, 0.1) is 5.57 Å². The van der Waals surface area contributed by atoms with Gasteiger partial charge in [-0.05, 0) is 13.8 Å². The molecule has 2 nitrogen and oxygen atoms in total. The lowest BCUT2D eigenvalue weighted by Crippen LogP contribution is -2.23. The molecule has 1 unspecified atom stereocenters. The van der Waals surface area contributed by atoms with Gasteiger partial charge in [0.1, 0.15) is 0 Å². The number of ether oxygens (including phenoxy) is 1. The number of hydrogen-bond acceptors (Lipinski definition) is 2. The quantitative estimate of drug-likeness (QED) is 0.660. The van der Waals surface area contributed by atoms with Crippen LogP contribution in [0.5, 0.6) is 0 Å². The van der Waals surface area contributed by atoms with E-state index in [4.69, 9.17) is 4.74 Å². The average Bonchev–Trinajstić information content (AvgIpc) is 2.45. The van der Waals surface area contributed by atoms with Gasteiger partial charge in [-0.3, -0.25) is 0 Å². The number of halogens is 1. The minimum atomic E-state index is -1.25. The summed E-state index contributed by atoms with van der Waals surface area (Å²) in [6, 6.07) is 8.89. The standard InChI is InChI=1S/C12H11FO2/c1-8-10(13)12(2,15-11(8)14)9-6-4-3-5-7-9/h3-7H,1-2H3. The van der Waals surface area contributed by atoms with Crippen LogP contribution in [0.15, 0.2) is 41.7 Å². The molecule has 0 spiro atoms. The van der Waals surface area contributed by atoms with Gasteiger partial charge in [0.25, 0.3) is 0 Å². The highest BCUT2D eigenvalue weighted by molar-refractivity contribution is 5.92. The zero-order chi connectivity index (χ0) is 11.1. The molecule has 2 rings (SSSR count). The van der Waals surface area contributed by atoms with Crippen molar-refractivity contribution >= 4 is 5.97 Å². The van der Waals surface area contributed by atoms with Crippen molar-refractivity contribution < 1.29 is 13.9 Å². The van der Waals surface area contributed by atoms with Crippen LogP contribution in [-0.4, -0.2) is 5.97 Å². The zero-order valence-corrected chi connectivity index (χ0v) is 8.58. The molecule has 0 amide bonds. The largest absolute Gasteiger partial charge is 0.444 e. The van der Waals surface area contributed by atoms with Crippen LogP contribution in [0.25, 0.3) is 0 Å². The average molecular weight is 206 g/mol. The fraction of sp³-hybridized carbons (Fsp3) is 0.250. The number of hydrogen-bond donors (Lipinski definition) is 0. The number of esters is 1. The Bertz CT molecular complexity index is 436. The van der Waals surface area contributed by atoms with Gasteiger partial charge in [-0.15, -0.1) is 0 Å². The van der Waals surface area contributed by atoms with E-state index in [0.717, 1.165) is 0 Å². The molecule has 78 valence electrons. The number of benzene rings is 1. The summed E-state index contributed by atoms with van der Waals surface area (Å²) >= 11 is 0. The molecule has 0 aliphatic carbocycles. The van der Waals surface area contributed by atoms with Gasteiger partial charge >= 0.3 is 5.97 Å². The van der Waals surface area contributed by atoms with Crippen molar-refractivity contribution in [3.63, 3.8) is 0 Å². The first-order valence-corrected chi connectivity index (χ1v) is 4.71. The molecule has 0 radical (unpaired) electrons. The maximum absolute atomic E-state index is 13.8. The maximum Gasteiger partial charge on any atom is 0.337 e. The number of carbonyl (C=O) groups is 1. The van der Waals surface area contributed by atoms with E-state index in [0.29, 0.717) is 5.56 Å². The Morgan fingerprint density at radius 3 is 2.33 bits per heavy atom. The second-order valence-electron chi connectivity index (χ2n) is 3.73. The normalized spacial score (nSPS) is 25.7. The van der Waals surface area contributed by atoms with Gasteiger partial charge in [-0.2, -0.15) is 0 Å². The molecule has 0 saturated heterocycles. The molecular formula is C12H11FO2. The van der Waals surface area contributed by atoms with Crippen molar-refractivity contribution in [1.82, 2.24) is 0 Å². The Hall–Kier alpha value is -1.64. The molecular weight excluding hydrogens is 195 g/mol. The summed E-state index contributed by atoms with van der Waals surface area (Å²) in [5.41, 5.74) is -0.545. The van der Waals surface area contributed by atoms with Crippen LogP contribution < -0.4 is 0 Å².